The van der Waals surface area contributed by atoms with Gasteiger partial charge in [0.1, 0.15) is 5.75 Å². The summed E-state index contributed by atoms with van der Waals surface area (Å²) in [5, 5.41) is 4.08. The molecule has 0 spiro atoms. The molecule has 106 valence electrons. The van der Waals surface area contributed by atoms with Crippen molar-refractivity contribution in [2.45, 2.75) is 38.6 Å². The number of nitrogens with one attached hydrogen (secondary N) is 2. The van der Waals surface area contributed by atoms with E-state index in [1.807, 2.05) is 25.1 Å². The lowest BCUT2D eigenvalue weighted by molar-refractivity contribution is 0.0939. The number of H-pyrrole nitrogens is 1. The first-order valence-electron chi connectivity index (χ1n) is 7.17. The topological polar surface area (TPSA) is 54.1 Å². The molecule has 4 nitrogen and oxygen atoms in total. The van der Waals surface area contributed by atoms with E-state index in [1.54, 1.807) is 7.11 Å². The number of carbonyl (C=O) groups excluding carboxylic acids is 1. The number of methoxy groups -OCH3 is 1. The number of hydrogen-bond donors (Lipinski definition) is 2. The average molecular weight is 272 g/mol. The van der Waals surface area contributed by atoms with E-state index >= 15 is 0 Å². The van der Waals surface area contributed by atoms with Gasteiger partial charge in [-0.1, -0.05) is 25.0 Å². The molecule has 1 amide bonds. The lowest BCUT2D eigenvalue weighted by Gasteiger charge is -2.12. The smallest absolute Gasteiger partial charge is 0.253 e. The quantitative estimate of drug-likeness (QED) is 0.901. The van der Waals surface area contributed by atoms with E-state index in [0.717, 1.165) is 40.8 Å². The minimum absolute atomic E-state index is 0.0221. The molecule has 0 unspecified atom stereocenters. The zero-order valence-corrected chi connectivity index (χ0v) is 12.0. The maximum atomic E-state index is 12.5. The highest BCUT2D eigenvalue weighted by Crippen LogP contribution is 2.29. The Kier molecular flexibility index (Phi) is 3.38. The molecule has 3 rings (SSSR count). The maximum absolute atomic E-state index is 12.5. The van der Waals surface area contributed by atoms with E-state index in [4.69, 9.17) is 4.74 Å². The predicted molar refractivity (Wildman–Crippen MR) is 79.3 cm³/mol. The molecule has 1 aliphatic carbocycles. The number of fused-ring (bicyclic) bond motifs is 1. The third-order valence-corrected chi connectivity index (χ3v) is 4.12. The van der Waals surface area contributed by atoms with Crippen molar-refractivity contribution in [3.05, 3.63) is 29.5 Å². The van der Waals surface area contributed by atoms with Crippen LogP contribution < -0.4 is 10.1 Å². The molecular weight excluding hydrogens is 252 g/mol. The lowest BCUT2D eigenvalue weighted by Crippen LogP contribution is -2.32. The standard InChI is InChI=1S/C16H20N2O2/c1-10-14(16(19)18-11-6-3-4-7-11)12-8-5-9-13(20-2)15(12)17-10/h5,8-9,11,17H,3-4,6-7H2,1-2H3,(H,18,19). The molecule has 0 atom stereocenters. The van der Waals surface area contributed by atoms with Gasteiger partial charge in [-0.15, -0.1) is 0 Å². The molecule has 0 aliphatic heterocycles. The summed E-state index contributed by atoms with van der Waals surface area (Å²) in [6, 6.07) is 6.11. The van der Waals surface area contributed by atoms with Crippen LogP contribution in [0.2, 0.25) is 0 Å². The highest BCUT2D eigenvalue weighted by Gasteiger charge is 2.22. The van der Waals surface area contributed by atoms with Gasteiger partial charge in [0.05, 0.1) is 18.2 Å². The molecular formula is C16H20N2O2. The number of hydrogen-bond acceptors (Lipinski definition) is 2. The highest BCUT2D eigenvalue weighted by atomic mass is 16.5. The fraction of sp³-hybridized carbons (Fsp3) is 0.438. The van der Waals surface area contributed by atoms with Crippen LogP contribution in [0, 0.1) is 6.92 Å². The number of ether oxygens (including phenoxy) is 1. The summed E-state index contributed by atoms with van der Waals surface area (Å²) in [6.07, 6.45) is 4.62. The van der Waals surface area contributed by atoms with Crippen LogP contribution in [0.3, 0.4) is 0 Å². The zero-order valence-electron chi connectivity index (χ0n) is 12.0. The van der Waals surface area contributed by atoms with E-state index in [2.05, 4.69) is 10.3 Å². The van der Waals surface area contributed by atoms with Crippen molar-refractivity contribution in [1.82, 2.24) is 10.3 Å². The molecule has 0 bridgehead atoms. The van der Waals surface area contributed by atoms with Crippen molar-refractivity contribution in [3.63, 3.8) is 0 Å². The van der Waals surface area contributed by atoms with Gasteiger partial charge in [-0.3, -0.25) is 4.79 Å². The Labute approximate surface area is 118 Å². The van der Waals surface area contributed by atoms with Gasteiger partial charge in [-0.25, -0.2) is 0 Å². The van der Waals surface area contributed by atoms with Crippen molar-refractivity contribution in [2.75, 3.05) is 7.11 Å². The summed E-state index contributed by atoms with van der Waals surface area (Å²) in [6.45, 7) is 1.93. The minimum Gasteiger partial charge on any atom is -0.495 e. The lowest BCUT2D eigenvalue weighted by atomic mass is 10.1. The molecule has 2 aromatic rings. The number of rotatable bonds is 3. The SMILES string of the molecule is COc1cccc2c(C(=O)NC3CCCC3)c(C)[nH]c12. The van der Waals surface area contributed by atoms with Crippen molar-refractivity contribution < 1.29 is 9.53 Å². The fourth-order valence-corrected chi connectivity index (χ4v) is 3.11. The molecule has 1 heterocycles. The van der Waals surface area contributed by atoms with Gasteiger partial charge in [0, 0.05) is 17.1 Å². The van der Waals surface area contributed by atoms with Gasteiger partial charge in [0.2, 0.25) is 0 Å². The molecule has 2 N–H and O–H groups in total. The number of aryl methyl sites for hydroxylation is 1. The van der Waals surface area contributed by atoms with Crippen LogP contribution in [0.4, 0.5) is 0 Å². The third-order valence-electron chi connectivity index (χ3n) is 4.12. The highest BCUT2D eigenvalue weighted by molar-refractivity contribution is 6.09. The van der Waals surface area contributed by atoms with Crippen LogP contribution in [0.5, 0.6) is 5.75 Å². The normalized spacial score (nSPS) is 15.7. The molecule has 1 aliphatic rings. The van der Waals surface area contributed by atoms with E-state index in [9.17, 15) is 4.79 Å². The van der Waals surface area contributed by atoms with Crippen LogP contribution in [0.15, 0.2) is 18.2 Å². The van der Waals surface area contributed by atoms with Crippen LogP contribution in [-0.4, -0.2) is 24.0 Å². The second-order valence-electron chi connectivity index (χ2n) is 5.46. The number of para-hydroxylation sites is 1. The second kappa shape index (κ2) is 5.19. The Balaban J connectivity index is 1.98. The minimum atomic E-state index is 0.0221. The Bertz CT molecular complexity index is 639. The van der Waals surface area contributed by atoms with Crippen LogP contribution >= 0.6 is 0 Å². The largest absolute Gasteiger partial charge is 0.495 e. The molecule has 4 heteroatoms. The molecule has 1 saturated carbocycles. The summed E-state index contributed by atoms with van der Waals surface area (Å²) >= 11 is 0. The molecule has 20 heavy (non-hydrogen) atoms. The predicted octanol–water partition coefficient (Wildman–Crippen LogP) is 3.16. The molecule has 0 saturated heterocycles. The summed E-state index contributed by atoms with van der Waals surface area (Å²) in [5.41, 5.74) is 2.52. The fourth-order valence-electron chi connectivity index (χ4n) is 3.11. The maximum Gasteiger partial charge on any atom is 0.253 e. The summed E-state index contributed by atoms with van der Waals surface area (Å²) < 4.78 is 5.35. The molecule has 1 aromatic heterocycles. The first kappa shape index (κ1) is 13.0. The monoisotopic (exact) mass is 272 g/mol. The second-order valence-corrected chi connectivity index (χ2v) is 5.46. The van der Waals surface area contributed by atoms with Gasteiger partial charge in [-0.2, -0.15) is 0 Å². The Hall–Kier alpha value is -1.97. The Morgan fingerprint density at radius 3 is 2.80 bits per heavy atom. The number of carbonyl (C=O) groups is 1. The van der Waals surface area contributed by atoms with Crippen molar-refractivity contribution >= 4 is 16.8 Å². The van der Waals surface area contributed by atoms with Gasteiger partial charge < -0.3 is 15.0 Å². The van der Waals surface area contributed by atoms with Gasteiger partial charge in [0.15, 0.2) is 0 Å². The number of amides is 1. The average Bonchev–Trinajstić information content (AvgIpc) is 3.04. The van der Waals surface area contributed by atoms with Crippen LogP contribution in [-0.2, 0) is 0 Å². The van der Waals surface area contributed by atoms with E-state index in [-0.39, 0.29) is 5.91 Å². The zero-order chi connectivity index (χ0) is 14.1. The van der Waals surface area contributed by atoms with Crippen molar-refractivity contribution in [2.24, 2.45) is 0 Å². The van der Waals surface area contributed by atoms with Crippen LogP contribution in [0.1, 0.15) is 41.7 Å². The van der Waals surface area contributed by atoms with Crippen molar-refractivity contribution in [1.29, 1.82) is 0 Å². The first-order valence-corrected chi connectivity index (χ1v) is 7.17. The molecule has 0 radical (unpaired) electrons. The number of aromatic nitrogens is 1. The van der Waals surface area contributed by atoms with Crippen LogP contribution in [0.25, 0.3) is 10.9 Å². The Morgan fingerprint density at radius 2 is 2.10 bits per heavy atom. The van der Waals surface area contributed by atoms with Crippen molar-refractivity contribution in [3.8, 4) is 5.75 Å². The molecule has 1 aromatic carbocycles. The van der Waals surface area contributed by atoms with E-state index < -0.39 is 0 Å². The number of benzene rings is 1. The number of aromatic amines is 1. The van der Waals surface area contributed by atoms with E-state index in [1.165, 1.54) is 12.8 Å². The van der Waals surface area contributed by atoms with Gasteiger partial charge in [-0.05, 0) is 25.8 Å². The van der Waals surface area contributed by atoms with Gasteiger partial charge >= 0.3 is 0 Å². The van der Waals surface area contributed by atoms with Gasteiger partial charge in [0.25, 0.3) is 5.91 Å². The summed E-state index contributed by atoms with van der Waals surface area (Å²) in [7, 11) is 1.64. The summed E-state index contributed by atoms with van der Waals surface area (Å²) in [5.74, 6) is 0.791. The summed E-state index contributed by atoms with van der Waals surface area (Å²) in [4.78, 5) is 15.8. The first-order chi connectivity index (χ1) is 9.70. The Morgan fingerprint density at radius 1 is 1.35 bits per heavy atom. The molecule has 1 fully saturated rings. The van der Waals surface area contributed by atoms with E-state index in [0.29, 0.717) is 6.04 Å². The third kappa shape index (κ3) is 2.15.